The molecule has 0 aliphatic carbocycles. The molecule has 3 heteroatoms. The summed E-state index contributed by atoms with van der Waals surface area (Å²) in [5, 5.41) is 0.830. The Bertz CT molecular complexity index is 411. The van der Waals surface area contributed by atoms with E-state index < -0.39 is 0 Å². The molecule has 1 aromatic rings. The van der Waals surface area contributed by atoms with Gasteiger partial charge in [-0.2, -0.15) is 0 Å². The number of alkyl halides is 1. The molecule has 0 saturated carbocycles. The van der Waals surface area contributed by atoms with Crippen LogP contribution in [-0.4, -0.2) is 22.9 Å². The molecule has 0 N–H and O–H groups in total. The summed E-state index contributed by atoms with van der Waals surface area (Å²) in [7, 11) is 0. The molecule has 92 valence electrons. The minimum atomic E-state index is 0.00514. The van der Waals surface area contributed by atoms with Crippen LogP contribution in [0.2, 0.25) is 0 Å². The standard InChI is InChI=1S/C14H18BrNO/c1-14(2)8-3-9-16(14)13(17)12-6-4-11(10-15)5-7-12/h4-7H,3,8-10H2,1-2H3. The number of hydrogen-bond acceptors (Lipinski definition) is 1. The number of halogens is 1. The summed E-state index contributed by atoms with van der Waals surface area (Å²) in [6.45, 7) is 5.17. The van der Waals surface area contributed by atoms with Gasteiger partial charge in [-0.1, -0.05) is 28.1 Å². The van der Waals surface area contributed by atoms with Crippen molar-refractivity contribution in [3.63, 3.8) is 0 Å². The number of carbonyl (C=O) groups excluding carboxylic acids is 1. The average molecular weight is 296 g/mol. The van der Waals surface area contributed by atoms with E-state index in [-0.39, 0.29) is 11.4 Å². The van der Waals surface area contributed by atoms with Gasteiger partial charge in [0.2, 0.25) is 0 Å². The molecule has 0 radical (unpaired) electrons. The first-order valence-corrected chi connectivity index (χ1v) is 7.13. The molecule has 0 unspecified atom stereocenters. The third-order valence-electron chi connectivity index (χ3n) is 3.50. The summed E-state index contributed by atoms with van der Waals surface area (Å²) in [6, 6.07) is 7.86. The molecular formula is C14H18BrNO. The molecule has 2 nitrogen and oxygen atoms in total. The number of carbonyl (C=O) groups is 1. The predicted octanol–water partition coefficient (Wildman–Crippen LogP) is 3.60. The topological polar surface area (TPSA) is 20.3 Å². The smallest absolute Gasteiger partial charge is 0.254 e. The molecule has 1 saturated heterocycles. The first kappa shape index (κ1) is 12.6. The van der Waals surface area contributed by atoms with Gasteiger partial charge in [-0.05, 0) is 44.4 Å². The van der Waals surface area contributed by atoms with E-state index in [1.165, 1.54) is 5.56 Å². The zero-order valence-corrected chi connectivity index (χ0v) is 12.0. The maximum absolute atomic E-state index is 12.4. The van der Waals surface area contributed by atoms with Crippen LogP contribution in [0, 0.1) is 0 Å². The van der Waals surface area contributed by atoms with Gasteiger partial charge in [-0.15, -0.1) is 0 Å². The maximum Gasteiger partial charge on any atom is 0.254 e. The van der Waals surface area contributed by atoms with Crippen molar-refractivity contribution in [1.29, 1.82) is 0 Å². The Hall–Kier alpha value is -0.830. The number of benzene rings is 1. The molecule has 2 rings (SSSR count). The predicted molar refractivity (Wildman–Crippen MR) is 73.4 cm³/mol. The molecule has 1 aliphatic heterocycles. The Balaban J connectivity index is 2.19. The number of nitrogens with zero attached hydrogens (tertiary/aromatic N) is 1. The second kappa shape index (κ2) is 4.81. The Morgan fingerprint density at radius 1 is 1.35 bits per heavy atom. The van der Waals surface area contributed by atoms with E-state index >= 15 is 0 Å². The fraction of sp³-hybridized carbons (Fsp3) is 0.500. The van der Waals surface area contributed by atoms with E-state index in [1.807, 2.05) is 29.2 Å². The largest absolute Gasteiger partial charge is 0.334 e. The summed E-state index contributed by atoms with van der Waals surface area (Å²) in [6.07, 6.45) is 2.20. The summed E-state index contributed by atoms with van der Waals surface area (Å²) < 4.78 is 0. The normalized spacial score (nSPS) is 18.4. The average Bonchev–Trinajstić information content (AvgIpc) is 2.68. The minimum absolute atomic E-state index is 0.00514. The van der Waals surface area contributed by atoms with Crippen LogP contribution in [0.25, 0.3) is 0 Å². The van der Waals surface area contributed by atoms with Crippen LogP contribution in [0.1, 0.15) is 42.6 Å². The molecule has 0 bridgehead atoms. The van der Waals surface area contributed by atoms with E-state index in [9.17, 15) is 4.79 Å². The summed E-state index contributed by atoms with van der Waals surface area (Å²) in [5.41, 5.74) is 2.00. The Morgan fingerprint density at radius 3 is 2.47 bits per heavy atom. The van der Waals surface area contributed by atoms with Crippen LogP contribution >= 0.6 is 15.9 Å². The van der Waals surface area contributed by atoms with Crippen molar-refractivity contribution in [2.75, 3.05) is 6.54 Å². The van der Waals surface area contributed by atoms with Crippen molar-refractivity contribution in [3.05, 3.63) is 35.4 Å². The number of likely N-dealkylation sites (tertiary alicyclic amines) is 1. The van der Waals surface area contributed by atoms with Gasteiger partial charge in [-0.3, -0.25) is 4.79 Å². The molecule has 1 heterocycles. The van der Waals surface area contributed by atoms with Crippen LogP contribution in [0.3, 0.4) is 0 Å². The Labute approximate surface area is 111 Å². The summed E-state index contributed by atoms with van der Waals surface area (Å²) in [5.74, 6) is 0.161. The van der Waals surface area contributed by atoms with E-state index in [0.717, 1.165) is 30.3 Å². The number of hydrogen-bond donors (Lipinski definition) is 0. The van der Waals surface area contributed by atoms with E-state index in [4.69, 9.17) is 0 Å². The monoisotopic (exact) mass is 295 g/mol. The zero-order chi connectivity index (χ0) is 12.5. The molecule has 0 spiro atoms. The maximum atomic E-state index is 12.4. The summed E-state index contributed by atoms with van der Waals surface area (Å²) in [4.78, 5) is 14.4. The third-order valence-corrected chi connectivity index (χ3v) is 4.15. The molecule has 1 aliphatic rings. The second-order valence-corrected chi connectivity index (χ2v) is 5.76. The van der Waals surface area contributed by atoms with Gasteiger partial charge in [0.05, 0.1) is 0 Å². The van der Waals surface area contributed by atoms with Crippen LogP contribution in [0.5, 0.6) is 0 Å². The van der Waals surface area contributed by atoms with Crippen LogP contribution in [0.15, 0.2) is 24.3 Å². The van der Waals surface area contributed by atoms with E-state index in [2.05, 4.69) is 29.8 Å². The highest BCUT2D eigenvalue weighted by molar-refractivity contribution is 9.08. The molecule has 1 aromatic carbocycles. The lowest BCUT2D eigenvalue weighted by atomic mass is 10.0. The summed E-state index contributed by atoms with van der Waals surface area (Å²) >= 11 is 3.41. The highest BCUT2D eigenvalue weighted by Gasteiger charge is 2.35. The van der Waals surface area contributed by atoms with Gasteiger partial charge < -0.3 is 4.90 Å². The van der Waals surface area contributed by atoms with Crippen molar-refractivity contribution in [2.45, 2.75) is 37.6 Å². The lowest BCUT2D eigenvalue weighted by molar-refractivity contribution is 0.0652. The fourth-order valence-corrected chi connectivity index (χ4v) is 2.75. The molecule has 1 amide bonds. The van der Waals surface area contributed by atoms with Gasteiger partial charge in [-0.25, -0.2) is 0 Å². The quantitative estimate of drug-likeness (QED) is 0.764. The van der Waals surface area contributed by atoms with Gasteiger partial charge in [0.25, 0.3) is 5.91 Å². The van der Waals surface area contributed by atoms with Crippen molar-refractivity contribution in [3.8, 4) is 0 Å². The number of rotatable bonds is 2. The van der Waals surface area contributed by atoms with Crippen molar-refractivity contribution in [1.82, 2.24) is 4.90 Å². The van der Waals surface area contributed by atoms with Crippen molar-refractivity contribution in [2.24, 2.45) is 0 Å². The van der Waals surface area contributed by atoms with Gasteiger partial charge in [0.15, 0.2) is 0 Å². The van der Waals surface area contributed by atoms with Gasteiger partial charge in [0.1, 0.15) is 0 Å². The highest BCUT2D eigenvalue weighted by Crippen LogP contribution is 2.29. The molecule has 0 aromatic heterocycles. The van der Waals surface area contributed by atoms with Crippen LogP contribution in [0.4, 0.5) is 0 Å². The second-order valence-electron chi connectivity index (χ2n) is 5.20. The fourth-order valence-electron chi connectivity index (χ4n) is 2.38. The van der Waals surface area contributed by atoms with Gasteiger partial charge in [0, 0.05) is 23.0 Å². The van der Waals surface area contributed by atoms with Crippen LogP contribution in [-0.2, 0) is 5.33 Å². The SMILES string of the molecule is CC1(C)CCCN1C(=O)c1ccc(CBr)cc1. The molecule has 0 atom stereocenters. The molecular weight excluding hydrogens is 278 g/mol. The Morgan fingerprint density at radius 2 is 2.00 bits per heavy atom. The third kappa shape index (κ3) is 2.54. The number of amides is 1. The van der Waals surface area contributed by atoms with E-state index in [1.54, 1.807) is 0 Å². The molecule has 17 heavy (non-hydrogen) atoms. The van der Waals surface area contributed by atoms with E-state index in [0.29, 0.717) is 0 Å². The zero-order valence-electron chi connectivity index (χ0n) is 10.4. The molecule has 1 fully saturated rings. The lowest BCUT2D eigenvalue weighted by Crippen LogP contribution is -2.42. The first-order valence-electron chi connectivity index (χ1n) is 6.01. The van der Waals surface area contributed by atoms with Gasteiger partial charge >= 0.3 is 0 Å². The van der Waals surface area contributed by atoms with Crippen LogP contribution < -0.4 is 0 Å². The minimum Gasteiger partial charge on any atom is -0.334 e. The van der Waals surface area contributed by atoms with Crippen molar-refractivity contribution >= 4 is 21.8 Å². The Kier molecular flexibility index (Phi) is 3.57. The van der Waals surface area contributed by atoms with Crippen molar-refractivity contribution < 1.29 is 4.79 Å². The lowest BCUT2D eigenvalue weighted by Gasteiger charge is -2.31. The highest BCUT2D eigenvalue weighted by atomic mass is 79.9. The first-order chi connectivity index (χ1) is 8.04.